The Balaban J connectivity index is 1.61. The predicted molar refractivity (Wildman–Crippen MR) is 112 cm³/mol. The Morgan fingerprint density at radius 2 is 1.86 bits per heavy atom. The summed E-state index contributed by atoms with van der Waals surface area (Å²) < 4.78 is 37.1. The van der Waals surface area contributed by atoms with E-state index in [0.717, 1.165) is 36.6 Å². The number of anilines is 1. The number of hydrogen-bond acceptors (Lipinski definition) is 6. The normalized spacial score (nSPS) is 18.1. The fourth-order valence-electron chi connectivity index (χ4n) is 3.82. The SMILES string of the molecule is C[C@@H](C(=O)NCCCN1CCCCC1)N(c1ccc2c(c1)OCCO2)S(C)(=O)=O. The second-order valence-electron chi connectivity index (χ2n) is 7.61. The van der Waals surface area contributed by atoms with Gasteiger partial charge in [0, 0.05) is 12.6 Å². The molecule has 0 unspecified atom stereocenters. The molecule has 0 aliphatic carbocycles. The zero-order valence-electron chi connectivity index (χ0n) is 17.2. The lowest BCUT2D eigenvalue weighted by molar-refractivity contribution is -0.121. The summed E-state index contributed by atoms with van der Waals surface area (Å²) in [6.45, 7) is 6.18. The minimum Gasteiger partial charge on any atom is -0.486 e. The fourth-order valence-corrected chi connectivity index (χ4v) is 4.99. The quantitative estimate of drug-likeness (QED) is 0.637. The third-order valence-corrected chi connectivity index (χ3v) is 6.51. The second kappa shape index (κ2) is 9.67. The van der Waals surface area contributed by atoms with E-state index in [-0.39, 0.29) is 5.91 Å². The van der Waals surface area contributed by atoms with Gasteiger partial charge in [-0.1, -0.05) is 6.42 Å². The largest absolute Gasteiger partial charge is 0.486 e. The van der Waals surface area contributed by atoms with Gasteiger partial charge in [0.05, 0.1) is 11.9 Å². The predicted octanol–water partition coefficient (Wildman–Crippen LogP) is 1.60. The highest BCUT2D eigenvalue weighted by atomic mass is 32.2. The van der Waals surface area contributed by atoms with Crippen LogP contribution in [0.2, 0.25) is 0 Å². The van der Waals surface area contributed by atoms with E-state index in [0.29, 0.717) is 36.9 Å². The zero-order chi connectivity index (χ0) is 20.9. The summed E-state index contributed by atoms with van der Waals surface area (Å²) in [7, 11) is -3.67. The smallest absolute Gasteiger partial charge is 0.243 e. The van der Waals surface area contributed by atoms with Crippen LogP contribution >= 0.6 is 0 Å². The number of hydrogen-bond donors (Lipinski definition) is 1. The molecule has 1 aromatic carbocycles. The molecule has 1 N–H and O–H groups in total. The average Bonchev–Trinajstić information content (AvgIpc) is 2.70. The van der Waals surface area contributed by atoms with E-state index >= 15 is 0 Å². The standard InChI is InChI=1S/C20H31N3O5S/c1-16(20(24)21-9-6-12-22-10-4-3-5-11-22)23(29(2,25)26)17-7-8-18-19(15-17)28-14-13-27-18/h7-8,15-16H,3-6,9-14H2,1-2H3,(H,21,24)/t16-/m0/s1. The lowest BCUT2D eigenvalue weighted by atomic mass is 10.1. The first-order chi connectivity index (χ1) is 13.9. The van der Waals surface area contributed by atoms with E-state index in [1.54, 1.807) is 25.1 Å². The molecule has 1 fully saturated rings. The molecule has 2 heterocycles. The highest BCUT2D eigenvalue weighted by Crippen LogP contribution is 2.35. The maximum absolute atomic E-state index is 12.7. The molecular weight excluding hydrogens is 394 g/mol. The Morgan fingerprint density at radius 3 is 2.55 bits per heavy atom. The van der Waals surface area contributed by atoms with Gasteiger partial charge < -0.3 is 19.7 Å². The van der Waals surface area contributed by atoms with Crippen molar-refractivity contribution in [2.45, 2.75) is 38.6 Å². The van der Waals surface area contributed by atoms with Crippen LogP contribution in [0.3, 0.4) is 0 Å². The summed E-state index contributed by atoms with van der Waals surface area (Å²) in [6.07, 6.45) is 5.72. The number of rotatable bonds is 8. The Hall–Kier alpha value is -2.00. The first-order valence-electron chi connectivity index (χ1n) is 10.3. The molecule has 3 rings (SSSR count). The minimum absolute atomic E-state index is 0.316. The van der Waals surface area contributed by atoms with Crippen LogP contribution in [0.1, 0.15) is 32.6 Å². The van der Waals surface area contributed by atoms with Crippen molar-refractivity contribution in [2.75, 3.05) is 50.0 Å². The van der Waals surface area contributed by atoms with Gasteiger partial charge in [-0.05, 0) is 58.0 Å². The van der Waals surface area contributed by atoms with E-state index in [2.05, 4.69) is 10.2 Å². The number of benzene rings is 1. The molecule has 2 aliphatic rings. The van der Waals surface area contributed by atoms with Gasteiger partial charge in [-0.15, -0.1) is 0 Å². The molecule has 1 amide bonds. The highest BCUT2D eigenvalue weighted by Gasteiger charge is 2.30. The second-order valence-corrected chi connectivity index (χ2v) is 9.47. The number of nitrogens with one attached hydrogen (secondary N) is 1. The van der Waals surface area contributed by atoms with Gasteiger partial charge >= 0.3 is 0 Å². The molecule has 8 nitrogen and oxygen atoms in total. The number of nitrogens with zero attached hydrogens (tertiary/aromatic N) is 2. The van der Waals surface area contributed by atoms with Crippen molar-refractivity contribution in [2.24, 2.45) is 0 Å². The number of piperidine rings is 1. The maximum atomic E-state index is 12.7. The summed E-state index contributed by atoms with van der Waals surface area (Å²) in [6, 6.07) is 4.04. The van der Waals surface area contributed by atoms with Crippen molar-refractivity contribution in [3.63, 3.8) is 0 Å². The van der Waals surface area contributed by atoms with E-state index < -0.39 is 16.1 Å². The van der Waals surface area contributed by atoms with Gasteiger partial charge in [-0.25, -0.2) is 8.42 Å². The Bertz CT molecular complexity index is 808. The lowest BCUT2D eigenvalue weighted by Gasteiger charge is -2.29. The number of likely N-dealkylation sites (tertiary alicyclic amines) is 1. The van der Waals surface area contributed by atoms with Crippen molar-refractivity contribution in [1.82, 2.24) is 10.2 Å². The zero-order valence-corrected chi connectivity index (χ0v) is 18.0. The maximum Gasteiger partial charge on any atom is 0.243 e. The molecule has 1 atom stereocenters. The van der Waals surface area contributed by atoms with Gasteiger partial charge in [0.15, 0.2) is 11.5 Å². The first kappa shape index (κ1) is 21.7. The van der Waals surface area contributed by atoms with Crippen molar-refractivity contribution in [3.8, 4) is 11.5 Å². The molecule has 2 aliphatic heterocycles. The summed E-state index contributed by atoms with van der Waals surface area (Å²) in [4.78, 5) is 15.1. The summed E-state index contributed by atoms with van der Waals surface area (Å²) >= 11 is 0. The van der Waals surface area contributed by atoms with Crippen LogP contribution in [-0.2, 0) is 14.8 Å². The molecule has 9 heteroatoms. The first-order valence-corrected chi connectivity index (χ1v) is 12.1. The van der Waals surface area contributed by atoms with E-state index in [9.17, 15) is 13.2 Å². The van der Waals surface area contributed by atoms with Gasteiger partial charge in [0.25, 0.3) is 0 Å². The number of ether oxygens (including phenoxy) is 2. The van der Waals surface area contributed by atoms with Crippen LogP contribution in [0, 0.1) is 0 Å². The number of carbonyl (C=O) groups excluding carboxylic acids is 1. The van der Waals surface area contributed by atoms with Crippen LogP contribution in [-0.4, -0.2) is 70.9 Å². The van der Waals surface area contributed by atoms with Gasteiger partial charge in [-0.2, -0.15) is 0 Å². The molecule has 1 aromatic rings. The van der Waals surface area contributed by atoms with Crippen LogP contribution in [0.25, 0.3) is 0 Å². The van der Waals surface area contributed by atoms with E-state index in [4.69, 9.17) is 9.47 Å². The Kier molecular flexibility index (Phi) is 7.23. The Labute approximate surface area is 173 Å². The van der Waals surface area contributed by atoms with Crippen molar-refractivity contribution < 1.29 is 22.7 Å². The van der Waals surface area contributed by atoms with E-state index in [1.807, 2.05) is 0 Å². The van der Waals surface area contributed by atoms with Crippen LogP contribution in [0.15, 0.2) is 18.2 Å². The average molecular weight is 426 g/mol. The van der Waals surface area contributed by atoms with Gasteiger partial charge in [-0.3, -0.25) is 9.10 Å². The van der Waals surface area contributed by atoms with Crippen molar-refractivity contribution >= 4 is 21.6 Å². The number of amides is 1. The molecule has 0 radical (unpaired) electrons. The fraction of sp³-hybridized carbons (Fsp3) is 0.650. The van der Waals surface area contributed by atoms with Crippen LogP contribution in [0.5, 0.6) is 11.5 Å². The number of carbonyl (C=O) groups is 1. The Morgan fingerprint density at radius 1 is 1.17 bits per heavy atom. The molecule has 29 heavy (non-hydrogen) atoms. The van der Waals surface area contributed by atoms with Gasteiger partial charge in [0.2, 0.25) is 15.9 Å². The van der Waals surface area contributed by atoms with Crippen molar-refractivity contribution in [1.29, 1.82) is 0 Å². The monoisotopic (exact) mass is 425 g/mol. The lowest BCUT2D eigenvalue weighted by Crippen LogP contribution is -2.48. The summed E-state index contributed by atoms with van der Waals surface area (Å²) in [5.74, 6) is 0.740. The topological polar surface area (TPSA) is 88.2 Å². The molecule has 162 valence electrons. The third kappa shape index (κ3) is 5.76. The highest BCUT2D eigenvalue weighted by molar-refractivity contribution is 7.92. The molecule has 0 bridgehead atoms. The van der Waals surface area contributed by atoms with Gasteiger partial charge in [0.1, 0.15) is 19.3 Å². The number of sulfonamides is 1. The summed E-state index contributed by atoms with van der Waals surface area (Å²) in [5, 5.41) is 2.88. The summed E-state index contributed by atoms with van der Waals surface area (Å²) in [5.41, 5.74) is 0.382. The minimum atomic E-state index is -3.67. The third-order valence-electron chi connectivity index (χ3n) is 5.27. The van der Waals surface area contributed by atoms with Crippen molar-refractivity contribution in [3.05, 3.63) is 18.2 Å². The van der Waals surface area contributed by atoms with E-state index in [1.165, 1.54) is 19.3 Å². The number of fused-ring (bicyclic) bond motifs is 1. The molecule has 0 saturated carbocycles. The molecular formula is C20H31N3O5S. The van der Waals surface area contributed by atoms with Crippen LogP contribution in [0.4, 0.5) is 5.69 Å². The molecule has 1 saturated heterocycles. The molecule has 0 aromatic heterocycles. The van der Waals surface area contributed by atoms with Crippen LogP contribution < -0.4 is 19.1 Å². The molecule has 0 spiro atoms.